The van der Waals surface area contributed by atoms with Gasteiger partial charge in [-0.1, -0.05) is 6.58 Å². The van der Waals surface area contributed by atoms with Crippen LogP contribution in [0.1, 0.15) is 6.92 Å². The molecule has 66 valence electrons. The van der Waals surface area contributed by atoms with E-state index in [1.807, 2.05) is 0 Å². The second kappa shape index (κ2) is 4.86. The van der Waals surface area contributed by atoms with E-state index in [1.165, 1.54) is 6.92 Å². The first-order valence-corrected chi connectivity index (χ1v) is 4.30. The highest BCUT2D eigenvalue weighted by molar-refractivity contribution is 7.85. The zero-order valence-electron chi connectivity index (χ0n) is 6.23. The Kier molecular flexibility index (Phi) is 5.64. The maximum absolute atomic E-state index is 9.60. The van der Waals surface area contributed by atoms with E-state index in [1.54, 1.807) is 0 Å². The zero-order valence-corrected chi connectivity index (χ0v) is 7.05. The fourth-order valence-electron chi connectivity index (χ4n) is 0. The molecule has 0 aromatic rings. The lowest BCUT2D eigenvalue weighted by molar-refractivity contribution is -0.132. The quantitative estimate of drug-likeness (QED) is 0.445. The average molecular weight is 182 g/mol. The van der Waals surface area contributed by atoms with E-state index in [2.05, 4.69) is 6.58 Å². The van der Waals surface area contributed by atoms with Crippen molar-refractivity contribution >= 4 is 16.1 Å². The summed E-state index contributed by atoms with van der Waals surface area (Å²) < 4.78 is 25.9. The molecular weight excluding hydrogens is 172 g/mol. The number of carboxylic acid groups (broad SMARTS) is 1. The molecule has 0 aliphatic heterocycles. The molecule has 0 aliphatic rings. The van der Waals surface area contributed by atoms with Crippen molar-refractivity contribution in [3.8, 4) is 0 Å². The molecule has 11 heavy (non-hydrogen) atoms. The van der Waals surface area contributed by atoms with Crippen LogP contribution < -0.4 is 0 Å². The second-order valence-corrected chi connectivity index (χ2v) is 3.28. The lowest BCUT2D eigenvalue weighted by Crippen LogP contribution is -1.92. The summed E-state index contributed by atoms with van der Waals surface area (Å²) in [6, 6.07) is 0. The number of carboxylic acids is 1. The summed E-state index contributed by atoms with van der Waals surface area (Å²) in [4.78, 5) is 9.60. The number of hydrogen-bond acceptors (Lipinski definition) is 3. The first kappa shape index (κ1) is 12.8. The van der Waals surface area contributed by atoms with Crippen LogP contribution in [0.15, 0.2) is 12.2 Å². The summed E-state index contributed by atoms with van der Waals surface area (Å²) in [7, 11) is -3.67. The third kappa shape index (κ3) is 47.5. The van der Waals surface area contributed by atoms with Crippen LogP contribution in [0.2, 0.25) is 0 Å². The van der Waals surface area contributed by atoms with Gasteiger partial charge in [0.1, 0.15) is 0 Å². The highest BCUT2D eigenvalue weighted by Gasteiger charge is 1.90. The van der Waals surface area contributed by atoms with Crippen LogP contribution in [0.25, 0.3) is 0 Å². The third-order valence-corrected chi connectivity index (χ3v) is 0.365. The first-order chi connectivity index (χ1) is 4.64. The Morgan fingerprint density at radius 1 is 1.45 bits per heavy atom. The fraction of sp³-hybridized carbons (Fsp3) is 0.400. The van der Waals surface area contributed by atoms with E-state index < -0.39 is 16.1 Å². The van der Waals surface area contributed by atoms with Gasteiger partial charge in [-0.15, -0.1) is 0 Å². The van der Waals surface area contributed by atoms with Crippen LogP contribution in [-0.2, 0) is 14.9 Å². The largest absolute Gasteiger partial charge is 0.478 e. The van der Waals surface area contributed by atoms with Gasteiger partial charge < -0.3 is 5.11 Å². The molecule has 0 radical (unpaired) electrons. The van der Waals surface area contributed by atoms with Gasteiger partial charge in [0, 0.05) is 5.57 Å². The molecule has 0 aromatic heterocycles. The van der Waals surface area contributed by atoms with Crippen LogP contribution in [0.4, 0.5) is 0 Å². The summed E-state index contributed by atoms with van der Waals surface area (Å²) in [5, 5.41) is 7.89. The Balaban J connectivity index is 0. The van der Waals surface area contributed by atoms with Crippen molar-refractivity contribution in [2.24, 2.45) is 0 Å². The van der Waals surface area contributed by atoms with Crippen LogP contribution in [0, 0.1) is 0 Å². The Morgan fingerprint density at radius 2 is 1.55 bits per heavy atom. The maximum Gasteiger partial charge on any atom is 0.330 e. The standard InChI is InChI=1S/C4H6O2.CH4O3S/c1-3(2)4(5)6;1-5(2,3)4/h1H2,2H3,(H,5,6);1H3,(H,2,3,4). The molecule has 0 spiro atoms. The molecule has 0 saturated carbocycles. The maximum atomic E-state index is 9.60. The van der Waals surface area contributed by atoms with Crippen molar-refractivity contribution in [3.63, 3.8) is 0 Å². The molecule has 0 heterocycles. The summed E-state index contributed by atoms with van der Waals surface area (Å²) in [6.07, 6.45) is 0.715. The number of aliphatic carboxylic acids is 1. The summed E-state index contributed by atoms with van der Waals surface area (Å²) in [5.74, 6) is -0.935. The van der Waals surface area contributed by atoms with E-state index in [-0.39, 0.29) is 5.57 Å². The van der Waals surface area contributed by atoms with Crippen molar-refractivity contribution in [2.45, 2.75) is 6.92 Å². The molecule has 0 unspecified atom stereocenters. The van der Waals surface area contributed by atoms with Gasteiger partial charge in [-0.2, -0.15) is 8.42 Å². The predicted octanol–water partition coefficient (Wildman–Crippen LogP) is 0.151. The highest BCUT2D eigenvalue weighted by Crippen LogP contribution is 1.81. The summed E-state index contributed by atoms with van der Waals surface area (Å²) in [6.45, 7) is 4.60. The van der Waals surface area contributed by atoms with Gasteiger partial charge in [0.25, 0.3) is 10.1 Å². The topological polar surface area (TPSA) is 91.7 Å². The smallest absolute Gasteiger partial charge is 0.330 e. The lowest BCUT2D eigenvalue weighted by Gasteiger charge is -1.79. The average Bonchev–Trinajstić information content (AvgIpc) is 1.59. The molecule has 0 saturated heterocycles. The van der Waals surface area contributed by atoms with Crippen molar-refractivity contribution in [2.75, 3.05) is 6.26 Å². The molecular formula is C5H10O5S. The Hall–Kier alpha value is -0.880. The summed E-state index contributed by atoms with van der Waals surface area (Å²) in [5.41, 5.74) is 0.176. The van der Waals surface area contributed by atoms with Crippen LogP contribution in [-0.4, -0.2) is 30.3 Å². The van der Waals surface area contributed by atoms with Crippen LogP contribution >= 0.6 is 0 Å². The number of carbonyl (C=O) groups is 1. The number of rotatable bonds is 1. The lowest BCUT2D eigenvalue weighted by atomic mass is 10.4. The van der Waals surface area contributed by atoms with Gasteiger partial charge in [0.15, 0.2) is 0 Å². The minimum absolute atomic E-state index is 0.176. The molecule has 0 aliphatic carbocycles. The number of hydrogen-bond donors (Lipinski definition) is 2. The van der Waals surface area contributed by atoms with Crippen LogP contribution in [0.3, 0.4) is 0 Å². The second-order valence-electron chi connectivity index (χ2n) is 1.82. The fourth-order valence-corrected chi connectivity index (χ4v) is 0. The van der Waals surface area contributed by atoms with Gasteiger partial charge >= 0.3 is 5.97 Å². The van der Waals surface area contributed by atoms with Gasteiger partial charge in [0.2, 0.25) is 0 Å². The normalized spacial score (nSPS) is 9.36. The van der Waals surface area contributed by atoms with Gasteiger partial charge in [-0.05, 0) is 6.92 Å². The molecule has 0 aromatic carbocycles. The zero-order chi connectivity index (χ0) is 9.65. The molecule has 0 bridgehead atoms. The SMILES string of the molecule is C=C(C)C(=O)O.CS(=O)(=O)O. The molecule has 0 rings (SSSR count). The molecule has 5 nitrogen and oxygen atoms in total. The Bertz CT molecular complexity index is 218. The Morgan fingerprint density at radius 3 is 1.55 bits per heavy atom. The predicted molar refractivity (Wildman–Crippen MR) is 39.9 cm³/mol. The van der Waals surface area contributed by atoms with E-state index in [9.17, 15) is 13.2 Å². The minimum atomic E-state index is -3.67. The first-order valence-electron chi connectivity index (χ1n) is 2.46. The molecule has 0 fully saturated rings. The highest BCUT2D eigenvalue weighted by atomic mass is 32.2. The van der Waals surface area contributed by atoms with Crippen molar-refractivity contribution in [1.82, 2.24) is 0 Å². The van der Waals surface area contributed by atoms with E-state index in [4.69, 9.17) is 9.66 Å². The van der Waals surface area contributed by atoms with E-state index in [0.29, 0.717) is 6.26 Å². The molecule has 6 heteroatoms. The molecule has 0 amide bonds. The molecule has 0 atom stereocenters. The summed E-state index contributed by atoms with van der Waals surface area (Å²) >= 11 is 0. The van der Waals surface area contributed by atoms with E-state index in [0.717, 1.165) is 0 Å². The van der Waals surface area contributed by atoms with Gasteiger partial charge in [-0.25, -0.2) is 4.79 Å². The van der Waals surface area contributed by atoms with E-state index >= 15 is 0 Å². The van der Waals surface area contributed by atoms with Gasteiger partial charge in [0.05, 0.1) is 6.26 Å². The van der Waals surface area contributed by atoms with Crippen molar-refractivity contribution in [1.29, 1.82) is 0 Å². The monoisotopic (exact) mass is 182 g/mol. The minimum Gasteiger partial charge on any atom is -0.478 e. The molecule has 2 N–H and O–H groups in total. The van der Waals surface area contributed by atoms with Gasteiger partial charge in [-0.3, -0.25) is 4.55 Å². The van der Waals surface area contributed by atoms with Crippen molar-refractivity contribution < 1.29 is 22.9 Å². The Labute approximate surface area is 65.1 Å². The third-order valence-electron chi connectivity index (χ3n) is 0.365. The van der Waals surface area contributed by atoms with Crippen LogP contribution in [0.5, 0.6) is 0 Å². The van der Waals surface area contributed by atoms with Crippen molar-refractivity contribution in [3.05, 3.63) is 12.2 Å².